The van der Waals surface area contributed by atoms with E-state index in [1.165, 1.54) is 32.7 Å². The second-order valence-corrected chi connectivity index (χ2v) is 8.57. The molecule has 0 bridgehead atoms. The van der Waals surface area contributed by atoms with Crippen LogP contribution in [-0.4, -0.2) is 47.1 Å². The first kappa shape index (κ1) is 19.1. The van der Waals surface area contributed by atoms with E-state index in [1.807, 2.05) is 6.21 Å². The third kappa shape index (κ3) is 3.95. The van der Waals surface area contributed by atoms with Gasteiger partial charge in [0.05, 0.1) is 5.69 Å². The quantitative estimate of drug-likeness (QED) is 0.797. The summed E-state index contributed by atoms with van der Waals surface area (Å²) in [6, 6.07) is 7.10. The van der Waals surface area contributed by atoms with Crippen LogP contribution in [0, 0.1) is 0 Å². The first-order chi connectivity index (χ1) is 13.5. The summed E-state index contributed by atoms with van der Waals surface area (Å²) in [5.41, 5.74) is 5.12. The third-order valence-corrected chi connectivity index (χ3v) is 6.73. The van der Waals surface area contributed by atoms with E-state index in [4.69, 9.17) is 0 Å². The highest BCUT2D eigenvalue weighted by atomic mass is 32.1. The number of aromatic nitrogens is 2. The SMILES string of the molecule is C/C1=C\C=Nc2cc(C(C)N3CCN(c4nn(C)c(=O)s4)CC3)ccc2CC1. The molecule has 1 unspecified atom stereocenters. The van der Waals surface area contributed by atoms with Gasteiger partial charge in [-0.3, -0.25) is 14.7 Å². The van der Waals surface area contributed by atoms with E-state index in [1.54, 1.807) is 7.05 Å². The first-order valence-electron chi connectivity index (χ1n) is 9.87. The monoisotopic (exact) mass is 397 g/mol. The van der Waals surface area contributed by atoms with Crippen molar-refractivity contribution in [1.29, 1.82) is 0 Å². The summed E-state index contributed by atoms with van der Waals surface area (Å²) in [6.45, 7) is 8.14. The lowest BCUT2D eigenvalue weighted by Gasteiger charge is -2.38. The molecule has 0 radical (unpaired) electrons. The molecule has 1 saturated heterocycles. The summed E-state index contributed by atoms with van der Waals surface area (Å²) in [4.78, 5) is 21.1. The zero-order valence-corrected chi connectivity index (χ0v) is 17.6. The van der Waals surface area contributed by atoms with Crippen molar-refractivity contribution in [3.63, 3.8) is 0 Å². The Hall–Kier alpha value is -2.25. The predicted octanol–water partition coefficient (Wildman–Crippen LogP) is 3.32. The lowest BCUT2D eigenvalue weighted by molar-refractivity contribution is 0.198. The molecule has 3 heterocycles. The number of allylic oxidation sites excluding steroid dienone is 2. The number of piperazine rings is 1. The molecule has 2 aliphatic rings. The second kappa shape index (κ2) is 8.01. The van der Waals surface area contributed by atoms with Crippen LogP contribution in [0.15, 0.2) is 39.6 Å². The maximum Gasteiger partial charge on any atom is 0.326 e. The maximum absolute atomic E-state index is 11.7. The molecule has 0 aliphatic carbocycles. The molecule has 7 heteroatoms. The van der Waals surface area contributed by atoms with Crippen LogP contribution in [0.5, 0.6) is 0 Å². The van der Waals surface area contributed by atoms with Gasteiger partial charge in [-0.1, -0.05) is 17.7 Å². The Morgan fingerprint density at radius 3 is 2.64 bits per heavy atom. The highest BCUT2D eigenvalue weighted by Crippen LogP contribution is 2.30. The molecule has 0 spiro atoms. The molecular weight excluding hydrogens is 370 g/mol. The molecule has 148 valence electrons. The largest absolute Gasteiger partial charge is 0.344 e. The van der Waals surface area contributed by atoms with Gasteiger partial charge in [-0.15, -0.1) is 5.10 Å². The van der Waals surface area contributed by atoms with E-state index in [0.717, 1.165) is 49.8 Å². The number of nitrogens with zero attached hydrogens (tertiary/aromatic N) is 5. The fraction of sp³-hybridized carbons (Fsp3) is 0.476. The van der Waals surface area contributed by atoms with Crippen LogP contribution in [0.1, 0.15) is 37.4 Å². The molecule has 0 saturated carbocycles. The molecule has 0 N–H and O–H groups in total. The molecule has 1 fully saturated rings. The summed E-state index contributed by atoms with van der Waals surface area (Å²) in [5, 5.41) is 5.17. The van der Waals surface area contributed by atoms with Crippen molar-refractivity contribution >= 4 is 28.4 Å². The summed E-state index contributed by atoms with van der Waals surface area (Å²) >= 11 is 1.23. The van der Waals surface area contributed by atoms with Gasteiger partial charge in [0.15, 0.2) is 0 Å². The number of anilines is 1. The molecular formula is C21H27N5OS. The number of rotatable bonds is 3. The third-order valence-electron chi connectivity index (χ3n) is 5.76. The van der Waals surface area contributed by atoms with Crippen LogP contribution in [0.25, 0.3) is 0 Å². The van der Waals surface area contributed by atoms with Gasteiger partial charge in [0.1, 0.15) is 0 Å². The van der Waals surface area contributed by atoms with E-state index in [-0.39, 0.29) is 4.87 Å². The minimum Gasteiger partial charge on any atom is -0.344 e. The molecule has 6 nitrogen and oxygen atoms in total. The van der Waals surface area contributed by atoms with Crippen LogP contribution in [0.4, 0.5) is 10.8 Å². The van der Waals surface area contributed by atoms with Gasteiger partial charge in [-0.05, 0) is 61.3 Å². The van der Waals surface area contributed by atoms with Crippen molar-refractivity contribution in [1.82, 2.24) is 14.7 Å². The van der Waals surface area contributed by atoms with E-state index in [2.05, 4.69) is 58.0 Å². The van der Waals surface area contributed by atoms with E-state index >= 15 is 0 Å². The van der Waals surface area contributed by atoms with Crippen LogP contribution in [0.2, 0.25) is 0 Å². The summed E-state index contributed by atoms with van der Waals surface area (Å²) in [6.07, 6.45) is 6.19. The molecule has 1 aromatic heterocycles. The Labute approximate surface area is 169 Å². The molecule has 28 heavy (non-hydrogen) atoms. The number of benzene rings is 1. The average Bonchev–Trinajstić information content (AvgIpc) is 3.03. The zero-order valence-electron chi connectivity index (χ0n) is 16.8. The van der Waals surface area contributed by atoms with Crippen molar-refractivity contribution < 1.29 is 0 Å². The number of aryl methyl sites for hydroxylation is 2. The predicted molar refractivity (Wildman–Crippen MR) is 116 cm³/mol. The van der Waals surface area contributed by atoms with Gasteiger partial charge < -0.3 is 4.90 Å². The van der Waals surface area contributed by atoms with Crippen LogP contribution in [-0.2, 0) is 13.5 Å². The molecule has 2 aromatic rings. The lowest BCUT2D eigenvalue weighted by Crippen LogP contribution is -2.47. The van der Waals surface area contributed by atoms with Crippen molar-refractivity contribution in [3.05, 3.63) is 50.6 Å². The Kier molecular flexibility index (Phi) is 5.46. The minimum atomic E-state index is -0.00262. The van der Waals surface area contributed by atoms with Crippen LogP contribution in [0.3, 0.4) is 0 Å². The van der Waals surface area contributed by atoms with Gasteiger partial charge in [0, 0.05) is 45.5 Å². The second-order valence-electron chi connectivity index (χ2n) is 7.65. The zero-order chi connectivity index (χ0) is 19.7. The maximum atomic E-state index is 11.7. The van der Waals surface area contributed by atoms with E-state index in [0.29, 0.717) is 6.04 Å². The fourth-order valence-corrected chi connectivity index (χ4v) is 4.61. The van der Waals surface area contributed by atoms with Crippen molar-refractivity contribution in [2.45, 2.75) is 32.7 Å². The van der Waals surface area contributed by atoms with Gasteiger partial charge >= 0.3 is 4.87 Å². The normalized spacial score (nSPS) is 20.8. The standard InChI is InChI=1S/C21H27N5OS/c1-15-4-5-17-6-7-18(14-19(17)22-9-8-15)16(2)25-10-12-26(13-11-25)20-23-24(3)21(27)28-20/h6-9,14,16H,4-5,10-13H2,1-3H3/b15-8+,22-9?. The van der Waals surface area contributed by atoms with Crippen LogP contribution >= 0.6 is 11.3 Å². The number of aliphatic imine (C=N–C) groups is 1. The Bertz CT molecular complexity index is 965. The molecule has 1 atom stereocenters. The highest BCUT2D eigenvalue weighted by molar-refractivity contribution is 7.13. The number of hydrogen-bond acceptors (Lipinski definition) is 6. The Morgan fingerprint density at radius 2 is 1.93 bits per heavy atom. The Balaban J connectivity index is 1.45. The Morgan fingerprint density at radius 1 is 1.14 bits per heavy atom. The molecule has 1 aromatic carbocycles. The van der Waals surface area contributed by atoms with Gasteiger partial charge in [0.2, 0.25) is 5.13 Å². The van der Waals surface area contributed by atoms with E-state index < -0.39 is 0 Å². The average molecular weight is 398 g/mol. The van der Waals surface area contributed by atoms with Crippen molar-refractivity contribution in [2.24, 2.45) is 12.0 Å². The highest BCUT2D eigenvalue weighted by Gasteiger charge is 2.24. The van der Waals surface area contributed by atoms with E-state index in [9.17, 15) is 4.79 Å². The van der Waals surface area contributed by atoms with Crippen LogP contribution < -0.4 is 9.77 Å². The number of fused-ring (bicyclic) bond motifs is 1. The summed E-state index contributed by atoms with van der Waals surface area (Å²) in [7, 11) is 1.71. The van der Waals surface area contributed by atoms with Gasteiger partial charge in [-0.25, -0.2) is 4.68 Å². The van der Waals surface area contributed by atoms with Gasteiger partial charge in [0.25, 0.3) is 0 Å². The molecule has 2 aliphatic heterocycles. The topological polar surface area (TPSA) is 53.7 Å². The number of hydrogen-bond donors (Lipinski definition) is 0. The smallest absolute Gasteiger partial charge is 0.326 e. The lowest BCUT2D eigenvalue weighted by atomic mass is 9.98. The fourth-order valence-electron chi connectivity index (χ4n) is 3.81. The summed E-state index contributed by atoms with van der Waals surface area (Å²) < 4.78 is 1.42. The summed E-state index contributed by atoms with van der Waals surface area (Å²) in [5.74, 6) is 0. The molecule has 4 rings (SSSR count). The van der Waals surface area contributed by atoms with Crippen molar-refractivity contribution in [3.8, 4) is 0 Å². The minimum absolute atomic E-state index is 0.00262. The molecule has 0 amide bonds. The first-order valence-corrected chi connectivity index (χ1v) is 10.7. The van der Waals surface area contributed by atoms with Crippen molar-refractivity contribution in [2.75, 3.05) is 31.1 Å². The van der Waals surface area contributed by atoms with Gasteiger partial charge in [-0.2, -0.15) is 0 Å².